The molecular formula is C16H25ClN2OS. The van der Waals surface area contributed by atoms with Crippen molar-refractivity contribution < 1.29 is 4.79 Å². The van der Waals surface area contributed by atoms with Gasteiger partial charge in [0.25, 0.3) is 0 Å². The average molecular weight is 329 g/mol. The number of carbonyl (C=O) groups excluding carboxylic acids is 1. The van der Waals surface area contributed by atoms with Gasteiger partial charge in [-0.2, -0.15) is 11.8 Å². The minimum absolute atomic E-state index is 0. The van der Waals surface area contributed by atoms with E-state index in [1.54, 1.807) is 0 Å². The number of hydrogen-bond donors (Lipinski definition) is 1. The molecule has 1 fully saturated rings. The van der Waals surface area contributed by atoms with E-state index in [0.29, 0.717) is 11.7 Å². The zero-order valence-electron chi connectivity index (χ0n) is 12.6. The molecule has 118 valence electrons. The number of anilines is 1. The highest BCUT2D eigenvalue weighted by Crippen LogP contribution is 2.22. The molecule has 3 nitrogen and oxygen atoms in total. The van der Waals surface area contributed by atoms with Crippen LogP contribution in [0.2, 0.25) is 0 Å². The summed E-state index contributed by atoms with van der Waals surface area (Å²) in [7, 11) is 0. The second-order valence-corrected chi connectivity index (χ2v) is 6.91. The first kappa shape index (κ1) is 18.2. The highest BCUT2D eigenvalue weighted by molar-refractivity contribution is 7.99. The number of carbonyl (C=O) groups is 1. The van der Waals surface area contributed by atoms with Gasteiger partial charge in [0.1, 0.15) is 0 Å². The monoisotopic (exact) mass is 328 g/mol. The summed E-state index contributed by atoms with van der Waals surface area (Å²) in [4.78, 5) is 14.5. The van der Waals surface area contributed by atoms with E-state index >= 15 is 0 Å². The number of rotatable bonds is 4. The van der Waals surface area contributed by atoms with Crippen molar-refractivity contribution in [1.29, 1.82) is 0 Å². The molecule has 1 amide bonds. The standard InChI is InChI=1S/C16H24N2OS.ClH/c1-2-20-15-5-3-4-10-18(12-15)16(19)11-13-6-8-14(17)9-7-13;/h6-9,15H,2-5,10-12,17H2,1H3;1H. The van der Waals surface area contributed by atoms with E-state index < -0.39 is 0 Å². The van der Waals surface area contributed by atoms with Gasteiger partial charge >= 0.3 is 0 Å². The minimum Gasteiger partial charge on any atom is -0.399 e. The maximum atomic E-state index is 12.4. The number of likely N-dealkylation sites (tertiary alicyclic amines) is 1. The molecule has 2 rings (SSSR count). The van der Waals surface area contributed by atoms with Crippen molar-refractivity contribution >= 4 is 35.8 Å². The van der Waals surface area contributed by atoms with E-state index in [-0.39, 0.29) is 18.3 Å². The topological polar surface area (TPSA) is 46.3 Å². The van der Waals surface area contributed by atoms with Crippen LogP contribution in [0.5, 0.6) is 0 Å². The Bertz CT molecular complexity index is 438. The van der Waals surface area contributed by atoms with E-state index in [2.05, 4.69) is 11.8 Å². The molecule has 0 spiro atoms. The van der Waals surface area contributed by atoms with Crippen LogP contribution in [0.4, 0.5) is 5.69 Å². The minimum atomic E-state index is 0. The summed E-state index contributed by atoms with van der Waals surface area (Å²) in [5.74, 6) is 1.38. The molecule has 0 aromatic heterocycles. The van der Waals surface area contributed by atoms with Crippen LogP contribution in [-0.4, -0.2) is 34.9 Å². The van der Waals surface area contributed by atoms with Gasteiger partial charge in [-0.15, -0.1) is 12.4 Å². The Kier molecular flexibility index (Phi) is 7.97. The van der Waals surface area contributed by atoms with Gasteiger partial charge in [0, 0.05) is 24.0 Å². The molecule has 0 saturated carbocycles. The van der Waals surface area contributed by atoms with Gasteiger partial charge in [-0.3, -0.25) is 4.79 Å². The highest BCUT2D eigenvalue weighted by atomic mass is 35.5. The number of nitrogen functional groups attached to an aromatic ring is 1. The lowest BCUT2D eigenvalue weighted by molar-refractivity contribution is -0.130. The third kappa shape index (κ3) is 5.79. The fraction of sp³-hybridized carbons (Fsp3) is 0.562. The fourth-order valence-corrected chi connectivity index (χ4v) is 3.71. The number of nitrogens with two attached hydrogens (primary N) is 1. The van der Waals surface area contributed by atoms with Gasteiger partial charge in [0.05, 0.1) is 6.42 Å². The summed E-state index contributed by atoms with van der Waals surface area (Å²) in [5.41, 5.74) is 7.47. The Morgan fingerprint density at radius 2 is 2.05 bits per heavy atom. The summed E-state index contributed by atoms with van der Waals surface area (Å²) in [5, 5.41) is 0.609. The van der Waals surface area contributed by atoms with E-state index in [4.69, 9.17) is 5.73 Å². The van der Waals surface area contributed by atoms with Gasteiger partial charge in [-0.1, -0.05) is 25.5 Å². The van der Waals surface area contributed by atoms with Crippen LogP contribution in [0.15, 0.2) is 24.3 Å². The smallest absolute Gasteiger partial charge is 0.227 e. The average Bonchev–Trinajstić information content (AvgIpc) is 2.67. The number of hydrogen-bond acceptors (Lipinski definition) is 3. The van der Waals surface area contributed by atoms with Crippen LogP contribution < -0.4 is 5.73 Å². The Hall–Kier alpha value is -0.870. The van der Waals surface area contributed by atoms with Crippen molar-refractivity contribution in [1.82, 2.24) is 4.90 Å². The van der Waals surface area contributed by atoms with Crippen molar-refractivity contribution in [3.05, 3.63) is 29.8 Å². The number of amides is 1. The van der Waals surface area contributed by atoms with Crippen molar-refractivity contribution in [2.75, 3.05) is 24.6 Å². The Morgan fingerprint density at radius 3 is 2.71 bits per heavy atom. The molecule has 1 unspecified atom stereocenters. The lowest BCUT2D eigenvalue weighted by Gasteiger charge is -2.24. The molecule has 2 N–H and O–H groups in total. The van der Waals surface area contributed by atoms with Gasteiger partial charge in [-0.25, -0.2) is 0 Å². The Balaban J connectivity index is 0.00000220. The molecule has 0 radical (unpaired) electrons. The second-order valence-electron chi connectivity index (χ2n) is 5.33. The summed E-state index contributed by atoms with van der Waals surface area (Å²) in [6.45, 7) is 4.01. The first-order valence-electron chi connectivity index (χ1n) is 7.43. The van der Waals surface area contributed by atoms with Crippen LogP contribution in [0.1, 0.15) is 31.7 Å². The molecular weight excluding hydrogens is 304 g/mol. The maximum Gasteiger partial charge on any atom is 0.227 e. The lowest BCUT2D eigenvalue weighted by Crippen LogP contribution is -2.36. The molecule has 0 bridgehead atoms. The molecule has 1 aliphatic rings. The van der Waals surface area contributed by atoms with Crippen molar-refractivity contribution in [3.8, 4) is 0 Å². The molecule has 1 atom stereocenters. The van der Waals surface area contributed by atoms with Crippen LogP contribution in [0.25, 0.3) is 0 Å². The molecule has 5 heteroatoms. The number of thioether (sulfide) groups is 1. The lowest BCUT2D eigenvalue weighted by atomic mass is 10.1. The number of benzene rings is 1. The van der Waals surface area contributed by atoms with Crippen LogP contribution in [0, 0.1) is 0 Å². The summed E-state index contributed by atoms with van der Waals surface area (Å²) in [6, 6.07) is 7.62. The van der Waals surface area contributed by atoms with Gasteiger partial charge in [0.2, 0.25) is 5.91 Å². The molecule has 0 aliphatic carbocycles. The van der Waals surface area contributed by atoms with Gasteiger partial charge in [-0.05, 0) is 36.3 Å². The van der Waals surface area contributed by atoms with E-state index in [9.17, 15) is 4.79 Å². The molecule has 21 heavy (non-hydrogen) atoms. The van der Waals surface area contributed by atoms with Crippen molar-refractivity contribution in [3.63, 3.8) is 0 Å². The first-order valence-corrected chi connectivity index (χ1v) is 8.47. The highest BCUT2D eigenvalue weighted by Gasteiger charge is 2.21. The fourth-order valence-electron chi connectivity index (χ4n) is 2.62. The molecule has 1 heterocycles. The van der Waals surface area contributed by atoms with Crippen LogP contribution in [0.3, 0.4) is 0 Å². The third-order valence-corrected chi connectivity index (χ3v) is 4.91. The maximum absolute atomic E-state index is 12.4. The summed E-state index contributed by atoms with van der Waals surface area (Å²) in [6.07, 6.45) is 4.10. The zero-order chi connectivity index (χ0) is 14.4. The zero-order valence-corrected chi connectivity index (χ0v) is 14.2. The summed E-state index contributed by atoms with van der Waals surface area (Å²) < 4.78 is 0. The molecule has 1 aromatic carbocycles. The largest absolute Gasteiger partial charge is 0.399 e. The predicted molar refractivity (Wildman–Crippen MR) is 94.2 cm³/mol. The van der Waals surface area contributed by atoms with Crippen LogP contribution >= 0.6 is 24.2 Å². The molecule has 1 saturated heterocycles. The molecule has 1 aromatic rings. The van der Waals surface area contributed by atoms with E-state index in [1.807, 2.05) is 36.0 Å². The normalized spacial score (nSPS) is 18.7. The van der Waals surface area contributed by atoms with Gasteiger partial charge < -0.3 is 10.6 Å². The van der Waals surface area contributed by atoms with E-state index in [0.717, 1.165) is 36.5 Å². The Labute approximate surface area is 138 Å². The number of halogens is 1. The van der Waals surface area contributed by atoms with Gasteiger partial charge in [0.15, 0.2) is 0 Å². The first-order chi connectivity index (χ1) is 9.69. The SMILES string of the molecule is CCSC1CCCCN(C(=O)Cc2ccc(N)cc2)C1.Cl. The van der Waals surface area contributed by atoms with Crippen LogP contribution in [-0.2, 0) is 11.2 Å². The summed E-state index contributed by atoms with van der Waals surface area (Å²) >= 11 is 1.98. The van der Waals surface area contributed by atoms with Crippen molar-refractivity contribution in [2.45, 2.75) is 37.9 Å². The number of nitrogens with zero attached hydrogens (tertiary/aromatic N) is 1. The van der Waals surface area contributed by atoms with E-state index in [1.165, 1.54) is 12.8 Å². The predicted octanol–water partition coefficient (Wildman–Crippen LogP) is 3.37. The Morgan fingerprint density at radius 1 is 1.33 bits per heavy atom. The van der Waals surface area contributed by atoms with Crippen molar-refractivity contribution in [2.24, 2.45) is 0 Å². The third-order valence-electron chi connectivity index (χ3n) is 3.72. The quantitative estimate of drug-likeness (QED) is 0.862. The molecule has 1 aliphatic heterocycles. The second kappa shape index (κ2) is 9.21.